The van der Waals surface area contributed by atoms with Gasteiger partial charge in [0.1, 0.15) is 5.78 Å². The molecule has 13 heavy (non-hydrogen) atoms. The Labute approximate surface area is 86.7 Å². The quantitative estimate of drug-likeness (QED) is 0.560. The van der Waals surface area contributed by atoms with Crippen molar-refractivity contribution in [1.29, 1.82) is 0 Å². The summed E-state index contributed by atoms with van der Waals surface area (Å²) in [7, 11) is 0. The van der Waals surface area contributed by atoms with Crippen LogP contribution in [0, 0.1) is 5.92 Å². The summed E-state index contributed by atoms with van der Waals surface area (Å²) in [4.78, 5) is 11.3. The molecule has 0 aliphatic heterocycles. The highest BCUT2D eigenvalue weighted by molar-refractivity contribution is 7.99. The second-order valence-corrected chi connectivity index (χ2v) is 5.18. The molecule has 0 aromatic carbocycles. The zero-order valence-corrected chi connectivity index (χ0v) is 9.95. The highest BCUT2D eigenvalue weighted by Gasteiger charge is 2.03. The standard InChI is InChI=1S/C11H22OS/c1-4-13-8-6-5-7-11(12)9-10(2)3/h10H,4-9H2,1-3H3. The fraction of sp³-hybridized carbons (Fsp3) is 0.909. The molecule has 0 amide bonds. The van der Waals surface area contributed by atoms with E-state index in [4.69, 9.17) is 0 Å². The molecular formula is C11H22OS. The Hall–Kier alpha value is 0.0200. The van der Waals surface area contributed by atoms with Gasteiger partial charge in [0, 0.05) is 12.8 Å². The maximum absolute atomic E-state index is 11.3. The van der Waals surface area contributed by atoms with Crippen molar-refractivity contribution in [3.05, 3.63) is 0 Å². The molecular weight excluding hydrogens is 180 g/mol. The maximum atomic E-state index is 11.3. The molecule has 0 radical (unpaired) electrons. The van der Waals surface area contributed by atoms with E-state index in [1.165, 1.54) is 17.9 Å². The average molecular weight is 202 g/mol. The topological polar surface area (TPSA) is 17.1 Å². The van der Waals surface area contributed by atoms with Crippen molar-refractivity contribution in [2.75, 3.05) is 11.5 Å². The first kappa shape index (κ1) is 13.0. The third-order valence-corrected chi connectivity index (χ3v) is 2.82. The van der Waals surface area contributed by atoms with Gasteiger partial charge >= 0.3 is 0 Å². The highest BCUT2D eigenvalue weighted by Crippen LogP contribution is 2.09. The summed E-state index contributed by atoms with van der Waals surface area (Å²) in [5.41, 5.74) is 0. The third-order valence-electron chi connectivity index (χ3n) is 1.83. The minimum absolute atomic E-state index is 0.441. The van der Waals surface area contributed by atoms with Gasteiger partial charge < -0.3 is 0 Å². The second-order valence-electron chi connectivity index (χ2n) is 3.79. The van der Waals surface area contributed by atoms with Crippen LogP contribution in [-0.4, -0.2) is 17.3 Å². The molecule has 0 fully saturated rings. The van der Waals surface area contributed by atoms with E-state index in [0.29, 0.717) is 11.7 Å². The van der Waals surface area contributed by atoms with Gasteiger partial charge in [0.15, 0.2) is 0 Å². The smallest absolute Gasteiger partial charge is 0.133 e. The molecule has 0 aliphatic carbocycles. The van der Waals surface area contributed by atoms with Gasteiger partial charge in [-0.3, -0.25) is 4.79 Å². The molecule has 0 atom stereocenters. The summed E-state index contributed by atoms with van der Waals surface area (Å²) in [5, 5.41) is 0. The lowest BCUT2D eigenvalue weighted by Crippen LogP contribution is -2.02. The second kappa shape index (κ2) is 8.61. The predicted molar refractivity (Wildman–Crippen MR) is 61.3 cm³/mol. The first-order valence-electron chi connectivity index (χ1n) is 5.26. The molecule has 1 nitrogen and oxygen atoms in total. The van der Waals surface area contributed by atoms with Crippen LogP contribution in [0.2, 0.25) is 0 Å². The molecule has 0 unspecified atom stereocenters. The van der Waals surface area contributed by atoms with E-state index >= 15 is 0 Å². The van der Waals surface area contributed by atoms with Crippen LogP contribution in [0.5, 0.6) is 0 Å². The first-order valence-corrected chi connectivity index (χ1v) is 6.41. The molecule has 0 spiro atoms. The maximum Gasteiger partial charge on any atom is 0.133 e. The molecule has 2 heteroatoms. The summed E-state index contributed by atoms with van der Waals surface area (Å²) in [6, 6.07) is 0. The fourth-order valence-corrected chi connectivity index (χ4v) is 1.92. The minimum atomic E-state index is 0.441. The largest absolute Gasteiger partial charge is 0.300 e. The lowest BCUT2D eigenvalue weighted by atomic mass is 10.0. The third kappa shape index (κ3) is 9.94. The van der Waals surface area contributed by atoms with Crippen LogP contribution in [0.1, 0.15) is 46.5 Å². The summed E-state index contributed by atoms with van der Waals surface area (Å²) in [6.45, 7) is 6.38. The number of carbonyl (C=O) groups is 1. The summed E-state index contributed by atoms with van der Waals surface area (Å²) >= 11 is 1.96. The lowest BCUT2D eigenvalue weighted by Gasteiger charge is -2.03. The Morgan fingerprint density at radius 2 is 2.00 bits per heavy atom. The van der Waals surface area contributed by atoms with E-state index < -0.39 is 0 Å². The van der Waals surface area contributed by atoms with E-state index in [1.54, 1.807) is 0 Å². The monoisotopic (exact) mass is 202 g/mol. The zero-order valence-electron chi connectivity index (χ0n) is 9.14. The van der Waals surface area contributed by atoms with Gasteiger partial charge in [0.05, 0.1) is 0 Å². The predicted octanol–water partition coefficient (Wildman–Crippen LogP) is 3.53. The van der Waals surface area contributed by atoms with Crippen LogP contribution < -0.4 is 0 Å². The molecule has 0 saturated heterocycles. The van der Waals surface area contributed by atoms with Crippen molar-refractivity contribution in [2.24, 2.45) is 5.92 Å². The molecule has 0 aromatic rings. The van der Waals surface area contributed by atoms with Crippen molar-refractivity contribution in [3.63, 3.8) is 0 Å². The van der Waals surface area contributed by atoms with Crippen molar-refractivity contribution >= 4 is 17.5 Å². The van der Waals surface area contributed by atoms with E-state index in [2.05, 4.69) is 20.8 Å². The van der Waals surface area contributed by atoms with Gasteiger partial charge in [0.25, 0.3) is 0 Å². The minimum Gasteiger partial charge on any atom is -0.300 e. The van der Waals surface area contributed by atoms with E-state index in [9.17, 15) is 4.79 Å². The number of hydrogen-bond donors (Lipinski definition) is 0. The number of Topliss-reactive ketones (excluding diaryl/α,β-unsaturated/α-hetero) is 1. The van der Waals surface area contributed by atoms with Crippen molar-refractivity contribution in [2.45, 2.75) is 46.5 Å². The van der Waals surface area contributed by atoms with Gasteiger partial charge in [-0.2, -0.15) is 11.8 Å². The van der Waals surface area contributed by atoms with Crippen LogP contribution in [0.15, 0.2) is 0 Å². The number of ketones is 1. The number of carbonyl (C=O) groups excluding carboxylic acids is 1. The van der Waals surface area contributed by atoms with Gasteiger partial charge in [-0.15, -0.1) is 0 Å². The van der Waals surface area contributed by atoms with E-state index in [0.717, 1.165) is 19.3 Å². The fourth-order valence-electron chi connectivity index (χ4n) is 1.23. The van der Waals surface area contributed by atoms with Crippen LogP contribution >= 0.6 is 11.8 Å². The number of thioether (sulfide) groups is 1. The van der Waals surface area contributed by atoms with Crippen molar-refractivity contribution in [3.8, 4) is 0 Å². The molecule has 0 heterocycles. The van der Waals surface area contributed by atoms with Gasteiger partial charge in [0.2, 0.25) is 0 Å². The zero-order chi connectivity index (χ0) is 10.1. The van der Waals surface area contributed by atoms with Crippen molar-refractivity contribution < 1.29 is 4.79 Å². The van der Waals surface area contributed by atoms with Crippen LogP contribution in [0.3, 0.4) is 0 Å². The Balaban J connectivity index is 3.17. The Morgan fingerprint density at radius 3 is 2.54 bits per heavy atom. The molecule has 0 rings (SSSR count). The summed E-state index contributed by atoms with van der Waals surface area (Å²) in [5.74, 6) is 3.37. The SMILES string of the molecule is CCSCCCCC(=O)CC(C)C. The normalized spacial score (nSPS) is 10.8. The molecule has 0 aliphatic rings. The average Bonchev–Trinajstić information content (AvgIpc) is 2.02. The van der Waals surface area contributed by atoms with Gasteiger partial charge in [-0.1, -0.05) is 20.8 Å². The van der Waals surface area contributed by atoms with E-state index in [-0.39, 0.29) is 0 Å². The van der Waals surface area contributed by atoms with Crippen LogP contribution in [0.4, 0.5) is 0 Å². The molecule has 0 saturated carbocycles. The number of rotatable bonds is 8. The Morgan fingerprint density at radius 1 is 1.31 bits per heavy atom. The Kier molecular flexibility index (Phi) is 8.62. The number of unbranched alkanes of at least 4 members (excludes halogenated alkanes) is 1. The Bertz CT molecular complexity index is 132. The summed E-state index contributed by atoms with van der Waals surface area (Å²) in [6.07, 6.45) is 3.84. The molecule has 0 aromatic heterocycles. The van der Waals surface area contributed by atoms with E-state index in [1.807, 2.05) is 11.8 Å². The van der Waals surface area contributed by atoms with Crippen LogP contribution in [0.25, 0.3) is 0 Å². The molecule has 0 N–H and O–H groups in total. The molecule has 78 valence electrons. The van der Waals surface area contributed by atoms with Gasteiger partial charge in [-0.25, -0.2) is 0 Å². The van der Waals surface area contributed by atoms with Crippen LogP contribution in [-0.2, 0) is 4.79 Å². The first-order chi connectivity index (χ1) is 6.16. The molecule has 0 bridgehead atoms. The van der Waals surface area contributed by atoms with Crippen molar-refractivity contribution in [1.82, 2.24) is 0 Å². The van der Waals surface area contributed by atoms with Gasteiger partial charge in [-0.05, 0) is 30.3 Å². The lowest BCUT2D eigenvalue weighted by molar-refractivity contribution is -0.119. The number of hydrogen-bond acceptors (Lipinski definition) is 2. The summed E-state index contributed by atoms with van der Waals surface area (Å²) < 4.78 is 0. The highest BCUT2D eigenvalue weighted by atomic mass is 32.2.